The molecule has 0 unspecified atom stereocenters. The van der Waals surface area contributed by atoms with E-state index in [-0.39, 0.29) is 5.91 Å². The number of H-pyrrole nitrogens is 1. The largest absolute Gasteiger partial charge is 0.493 e. The number of carbonyl (C=O) groups is 1. The molecule has 0 saturated heterocycles. The van der Waals surface area contributed by atoms with E-state index in [1.165, 1.54) is 32.1 Å². The van der Waals surface area contributed by atoms with Crippen LogP contribution in [-0.4, -0.2) is 36.5 Å². The molecule has 1 aliphatic rings. The van der Waals surface area contributed by atoms with Crippen LogP contribution in [0.25, 0.3) is 11.3 Å². The number of hydrazone groups is 1. The van der Waals surface area contributed by atoms with Gasteiger partial charge in [0.05, 0.1) is 32.3 Å². The molecule has 2 N–H and O–H groups in total. The molecule has 0 radical (unpaired) electrons. The highest BCUT2D eigenvalue weighted by Crippen LogP contribution is 2.32. The standard InChI is InChI=1S/C21H28N4O3/c1-27-18-10-9-16(12-19(18)28-2)21-17(14-23-25-21)13-22-24-20(26)11-8-15-6-4-3-5-7-15/h9-10,12-15H,3-8,11H2,1-2H3,(H,23,25)(H,24,26)/b22-13+. The molecule has 28 heavy (non-hydrogen) atoms. The highest BCUT2D eigenvalue weighted by molar-refractivity contribution is 5.89. The maximum absolute atomic E-state index is 12.0. The van der Waals surface area contributed by atoms with Crippen molar-refractivity contribution in [1.29, 1.82) is 0 Å². The lowest BCUT2D eigenvalue weighted by molar-refractivity contribution is -0.121. The van der Waals surface area contributed by atoms with Crippen LogP contribution in [0.2, 0.25) is 0 Å². The van der Waals surface area contributed by atoms with Crippen molar-refractivity contribution in [3.05, 3.63) is 30.0 Å². The lowest BCUT2D eigenvalue weighted by Gasteiger charge is -2.20. The number of nitrogens with zero attached hydrogens (tertiary/aromatic N) is 2. The van der Waals surface area contributed by atoms with Gasteiger partial charge in [-0.3, -0.25) is 9.89 Å². The summed E-state index contributed by atoms with van der Waals surface area (Å²) in [5.41, 5.74) is 5.08. The fraction of sp³-hybridized carbons (Fsp3) is 0.476. The SMILES string of the molecule is COc1ccc(-c2[nH]ncc2/C=N/NC(=O)CCC2CCCCC2)cc1OC. The number of hydrogen-bond acceptors (Lipinski definition) is 5. The van der Waals surface area contributed by atoms with Gasteiger partial charge in [0.1, 0.15) is 0 Å². The average Bonchev–Trinajstić information content (AvgIpc) is 3.21. The summed E-state index contributed by atoms with van der Waals surface area (Å²) in [6.45, 7) is 0. The van der Waals surface area contributed by atoms with Crippen LogP contribution >= 0.6 is 0 Å². The van der Waals surface area contributed by atoms with Crippen molar-refractivity contribution in [3.63, 3.8) is 0 Å². The van der Waals surface area contributed by atoms with E-state index in [2.05, 4.69) is 20.7 Å². The fourth-order valence-electron chi connectivity index (χ4n) is 3.66. The molecular formula is C21H28N4O3. The van der Waals surface area contributed by atoms with Crippen molar-refractivity contribution in [1.82, 2.24) is 15.6 Å². The maximum atomic E-state index is 12.0. The third kappa shape index (κ3) is 5.12. The second-order valence-corrected chi connectivity index (χ2v) is 7.11. The zero-order chi connectivity index (χ0) is 19.8. The first-order valence-electron chi connectivity index (χ1n) is 9.79. The topological polar surface area (TPSA) is 88.6 Å². The smallest absolute Gasteiger partial charge is 0.240 e. The normalized spacial score (nSPS) is 14.9. The van der Waals surface area contributed by atoms with Gasteiger partial charge in [0.15, 0.2) is 11.5 Å². The Morgan fingerprint density at radius 1 is 1.25 bits per heavy atom. The van der Waals surface area contributed by atoms with Gasteiger partial charge in [-0.25, -0.2) is 5.43 Å². The Morgan fingerprint density at radius 2 is 2.04 bits per heavy atom. The predicted molar refractivity (Wildman–Crippen MR) is 109 cm³/mol. The maximum Gasteiger partial charge on any atom is 0.240 e. The Bertz CT molecular complexity index is 810. The second-order valence-electron chi connectivity index (χ2n) is 7.11. The molecule has 1 heterocycles. The molecule has 0 bridgehead atoms. The van der Waals surface area contributed by atoms with Crippen molar-refractivity contribution in [2.45, 2.75) is 44.9 Å². The molecule has 2 aromatic rings. The van der Waals surface area contributed by atoms with Crippen molar-refractivity contribution < 1.29 is 14.3 Å². The van der Waals surface area contributed by atoms with E-state index < -0.39 is 0 Å². The summed E-state index contributed by atoms with van der Waals surface area (Å²) >= 11 is 0. The molecule has 1 aromatic carbocycles. The van der Waals surface area contributed by atoms with Gasteiger partial charge < -0.3 is 9.47 Å². The van der Waals surface area contributed by atoms with Gasteiger partial charge in [0.25, 0.3) is 0 Å². The van der Waals surface area contributed by atoms with Gasteiger partial charge in [-0.05, 0) is 30.5 Å². The molecule has 0 aliphatic heterocycles. The van der Waals surface area contributed by atoms with Crippen LogP contribution in [0.5, 0.6) is 11.5 Å². The number of benzene rings is 1. The summed E-state index contributed by atoms with van der Waals surface area (Å²) in [6, 6.07) is 5.62. The van der Waals surface area contributed by atoms with Crippen molar-refractivity contribution in [2.24, 2.45) is 11.0 Å². The van der Waals surface area contributed by atoms with Crippen molar-refractivity contribution in [3.8, 4) is 22.8 Å². The number of carbonyl (C=O) groups excluding carboxylic acids is 1. The Labute approximate surface area is 165 Å². The predicted octanol–water partition coefficient (Wildman–Crippen LogP) is 3.90. The molecule has 3 rings (SSSR count). The Hall–Kier alpha value is -2.83. The number of aromatic nitrogens is 2. The first kappa shape index (κ1) is 19.9. The summed E-state index contributed by atoms with van der Waals surface area (Å²) < 4.78 is 10.6. The Balaban J connectivity index is 1.58. The number of ether oxygens (including phenoxy) is 2. The Morgan fingerprint density at radius 3 is 2.79 bits per heavy atom. The van der Waals surface area contributed by atoms with Gasteiger partial charge in [-0.2, -0.15) is 10.2 Å². The van der Waals surface area contributed by atoms with Crippen molar-refractivity contribution >= 4 is 12.1 Å². The number of amides is 1. The lowest BCUT2D eigenvalue weighted by atomic mass is 9.86. The molecule has 1 fully saturated rings. The van der Waals surface area contributed by atoms with E-state index in [0.29, 0.717) is 23.8 Å². The second kappa shape index (κ2) is 9.92. The van der Waals surface area contributed by atoms with E-state index in [1.54, 1.807) is 26.6 Å². The summed E-state index contributed by atoms with van der Waals surface area (Å²) in [5.74, 6) is 1.94. The first-order valence-corrected chi connectivity index (χ1v) is 9.79. The minimum absolute atomic E-state index is 0.0435. The van der Waals surface area contributed by atoms with E-state index in [0.717, 1.165) is 23.2 Å². The van der Waals surface area contributed by atoms with Crippen LogP contribution in [0, 0.1) is 5.92 Å². The van der Waals surface area contributed by atoms with Crippen LogP contribution in [0.1, 0.15) is 50.5 Å². The molecule has 1 aliphatic carbocycles. The van der Waals surface area contributed by atoms with Gasteiger partial charge >= 0.3 is 0 Å². The number of rotatable bonds is 8. The summed E-state index contributed by atoms with van der Waals surface area (Å²) in [5, 5.41) is 11.2. The zero-order valence-corrected chi connectivity index (χ0v) is 16.5. The zero-order valence-electron chi connectivity index (χ0n) is 16.5. The summed E-state index contributed by atoms with van der Waals surface area (Å²) in [4.78, 5) is 12.0. The highest BCUT2D eigenvalue weighted by atomic mass is 16.5. The summed E-state index contributed by atoms with van der Waals surface area (Å²) in [7, 11) is 3.20. The molecule has 1 aromatic heterocycles. The molecule has 7 heteroatoms. The van der Waals surface area contributed by atoms with Gasteiger partial charge in [0, 0.05) is 17.5 Å². The third-order valence-electron chi connectivity index (χ3n) is 5.24. The van der Waals surface area contributed by atoms with Gasteiger partial charge in [-0.15, -0.1) is 0 Å². The van der Waals surface area contributed by atoms with E-state index in [9.17, 15) is 4.79 Å². The van der Waals surface area contributed by atoms with Crippen LogP contribution < -0.4 is 14.9 Å². The number of hydrogen-bond donors (Lipinski definition) is 2. The van der Waals surface area contributed by atoms with E-state index in [1.807, 2.05) is 18.2 Å². The Kier molecular flexibility index (Phi) is 7.06. The molecule has 1 saturated carbocycles. The average molecular weight is 384 g/mol. The molecule has 1 amide bonds. The minimum atomic E-state index is -0.0435. The van der Waals surface area contributed by atoms with Crippen LogP contribution in [0.3, 0.4) is 0 Å². The van der Waals surface area contributed by atoms with E-state index >= 15 is 0 Å². The lowest BCUT2D eigenvalue weighted by Crippen LogP contribution is -2.19. The van der Waals surface area contributed by atoms with E-state index in [4.69, 9.17) is 9.47 Å². The molecule has 7 nitrogen and oxygen atoms in total. The quantitative estimate of drug-likeness (QED) is 0.533. The van der Waals surface area contributed by atoms with Crippen LogP contribution in [-0.2, 0) is 4.79 Å². The third-order valence-corrected chi connectivity index (χ3v) is 5.24. The number of aromatic amines is 1. The molecule has 0 atom stereocenters. The van der Waals surface area contributed by atoms with Crippen LogP contribution in [0.15, 0.2) is 29.5 Å². The van der Waals surface area contributed by atoms with Crippen LogP contribution in [0.4, 0.5) is 0 Å². The number of nitrogens with one attached hydrogen (secondary N) is 2. The molecule has 0 spiro atoms. The van der Waals surface area contributed by atoms with Gasteiger partial charge in [0.2, 0.25) is 5.91 Å². The minimum Gasteiger partial charge on any atom is -0.493 e. The van der Waals surface area contributed by atoms with Crippen molar-refractivity contribution in [2.75, 3.05) is 14.2 Å². The monoisotopic (exact) mass is 384 g/mol. The molecular weight excluding hydrogens is 356 g/mol. The fourth-order valence-corrected chi connectivity index (χ4v) is 3.66. The van der Waals surface area contributed by atoms with Gasteiger partial charge in [-0.1, -0.05) is 32.1 Å². The molecule has 150 valence electrons. The number of methoxy groups -OCH3 is 2. The highest BCUT2D eigenvalue weighted by Gasteiger charge is 2.15. The first-order chi connectivity index (χ1) is 13.7. The summed E-state index contributed by atoms with van der Waals surface area (Å²) in [6.07, 6.45) is 11.2.